The molecule has 1 heterocycles. The highest BCUT2D eigenvalue weighted by Gasteiger charge is 2.00. The Hall–Kier alpha value is -0.550. The molecule has 76 valence electrons. The maximum Gasteiger partial charge on any atom is 0.110 e. The van der Waals surface area contributed by atoms with Crippen LogP contribution in [0.15, 0.2) is 53.7 Å². The molecule has 0 aliphatic carbocycles. The minimum atomic E-state index is 0.980. The number of nitrogens with zero attached hydrogens (tertiary/aromatic N) is 1. The molecule has 3 heteroatoms. The lowest BCUT2D eigenvalue weighted by Crippen LogP contribution is -1.85. The fourth-order valence-electron chi connectivity index (χ4n) is 1.20. The highest BCUT2D eigenvalue weighted by atomic mass is 127. The predicted octanol–water partition coefficient (Wildman–Crippen LogP) is 3.98. The van der Waals surface area contributed by atoms with Crippen LogP contribution in [0.1, 0.15) is 5.56 Å². The fraction of sp³-hybridized carbons (Fsp3) is 0.0833. The SMILES string of the molecule is Ic1cccnc1SCc1ccccc1. The molecule has 1 aromatic carbocycles. The van der Waals surface area contributed by atoms with Gasteiger partial charge in [-0.25, -0.2) is 4.98 Å². The number of hydrogen-bond acceptors (Lipinski definition) is 2. The number of aromatic nitrogens is 1. The number of rotatable bonds is 3. The van der Waals surface area contributed by atoms with Gasteiger partial charge in [-0.1, -0.05) is 30.3 Å². The molecular weight excluding hydrogens is 317 g/mol. The molecule has 0 aliphatic heterocycles. The predicted molar refractivity (Wildman–Crippen MR) is 73.0 cm³/mol. The summed E-state index contributed by atoms with van der Waals surface area (Å²) in [5.41, 5.74) is 1.34. The Labute approximate surface area is 107 Å². The smallest absolute Gasteiger partial charge is 0.110 e. The number of thioether (sulfide) groups is 1. The summed E-state index contributed by atoms with van der Waals surface area (Å²) < 4.78 is 1.22. The van der Waals surface area contributed by atoms with Crippen LogP contribution in [0.25, 0.3) is 0 Å². The Morgan fingerprint density at radius 2 is 1.87 bits per heavy atom. The van der Waals surface area contributed by atoms with Crippen molar-refractivity contribution >= 4 is 34.4 Å². The third-order valence-electron chi connectivity index (χ3n) is 1.94. The van der Waals surface area contributed by atoms with Crippen LogP contribution in [0.2, 0.25) is 0 Å². The van der Waals surface area contributed by atoms with Gasteiger partial charge in [-0.3, -0.25) is 0 Å². The summed E-state index contributed by atoms with van der Waals surface area (Å²) in [6, 6.07) is 14.5. The van der Waals surface area contributed by atoms with Gasteiger partial charge in [0.25, 0.3) is 0 Å². The summed E-state index contributed by atoms with van der Waals surface area (Å²) in [6.45, 7) is 0. The van der Waals surface area contributed by atoms with E-state index in [-0.39, 0.29) is 0 Å². The van der Waals surface area contributed by atoms with Crippen LogP contribution < -0.4 is 0 Å². The number of halogens is 1. The summed E-state index contributed by atoms with van der Waals surface area (Å²) in [4.78, 5) is 4.35. The van der Waals surface area contributed by atoms with Gasteiger partial charge in [0.15, 0.2) is 0 Å². The minimum Gasteiger partial charge on any atom is -0.249 e. The molecule has 0 bridgehead atoms. The fourth-order valence-corrected chi connectivity index (χ4v) is 2.85. The Balaban J connectivity index is 2.03. The van der Waals surface area contributed by atoms with Crippen LogP contribution >= 0.6 is 34.4 Å². The molecule has 0 aliphatic rings. The van der Waals surface area contributed by atoms with Crippen LogP contribution in [0.5, 0.6) is 0 Å². The molecular formula is C12H10INS. The summed E-state index contributed by atoms with van der Waals surface area (Å²) >= 11 is 4.10. The van der Waals surface area contributed by atoms with Crippen molar-refractivity contribution in [2.24, 2.45) is 0 Å². The summed E-state index contributed by atoms with van der Waals surface area (Å²) in [7, 11) is 0. The highest BCUT2D eigenvalue weighted by molar-refractivity contribution is 14.1. The normalized spacial score (nSPS) is 10.2. The highest BCUT2D eigenvalue weighted by Crippen LogP contribution is 2.24. The van der Waals surface area contributed by atoms with E-state index in [9.17, 15) is 0 Å². The van der Waals surface area contributed by atoms with E-state index < -0.39 is 0 Å². The standard InChI is InChI=1S/C12H10INS/c13-11-7-4-8-14-12(11)15-9-10-5-2-1-3-6-10/h1-8H,9H2. The molecule has 0 amide bonds. The minimum absolute atomic E-state index is 0.980. The Morgan fingerprint density at radius 1 is 1.07 bits per heavy atom. The molecule has 15 heavy (non-hydrogen) atoms. The van der Waals surface area contributed by atoms with Crippen molar-refractivity contribution in [3.8, 4) is 0 Å². The largest absolute Gasteiger partial charge is 0.249 e. The molecule has 0 atom stereocenters. The van der Waals surface area contributed by atoms with E-state index in [4.69, 9.17) is 0 Å². The second-order valence-corrected chi connectivity index (χ2v) is 5.19. The van der Waals surface area contributed by atoms with E-state index in [0.717, 1.165) is 10.8 Å². The van der Waals surface area contributed by atoms with Crippen molar-refractivity contribution in [2.45, 2.75) is 10.8 Å². The maximum atomic E-state index is 4.35. The van der Waals surface area contributed by atoms with Gasteiger partial charge in [-0.15, -0.1) is 11.8 Å². The second-order valence-electron chi connectivity index (χ2n) is 3.06. The van der Waals surface area contributed by atoms with Gasteiger partial charge in [0.1, 0.15) is 5.03 Å². The molecule has 0 saturated carbocycles. The maximum absolute atomic E-state index is 4.35. The van der Waals surface area contributed by atoms with Crippen LogP contribution in [-0.4, -0.2) is 4.98 Å². The van der Waals surface area contributed by atoms with E-state index in [1.165, 1.54) is 9.13 Å². The lowest BCUT2D eigenvalue weighted by molar-refractivity contribution is 1.10. The zero-order chi connectivity index (χ0) is 10.5. The number of pyridine rings is 1. The zero-order valence-electron chi connectivity index (χ0n) is 8.06. The summed E-state index contributed by atoms with van der Waals surface area (Å²) in [5, 5.41) is 1.11. The third kappa shape index (κ3) is 3.21. The van der Waals surface area contributed by atoms with Gasteiger partial charge in [-0.05, 0) is 40.3 Å². The van der Waals surface area contributed by atoms with E-state index >= 15 is 0 Å². The van der Waals surface area contributed by atoms with Crippen molar-refractivity contribution in [3.05, 3.63) is 57.8 Å². The van der Waals surface area contributed by atoms with Gasteiger partial charge in [0.05, 0.1) is 0 Å². The van der Waals surface area contributed by atoms with Crippen LogP contribution in [0.3, 0.4) is 0 Å². The Kier molecular flexibility index (Phi) is 4.02. The van der Waals surface area contributed by atoms with E-state index in [2.05, 4.69) is 57.9 Å². The van der Waals surface area contributed by atoms with Crippen molar-refractivity contribution in [2.75, 3.05) is 0 Å². The molecule has 2 aromatic rings. The molecule has 0 saturated heterocycles. The van der Waals surface area contributed by atoms with E-state index in [0.29, 0.717) is 0 Å². The summed E-state index contributed by atoms with van der Waals surface area (Å²) in [6.07, 6.45) is 1.84. The monoisotopic (exact) mass is 327 g/mol. The first-order valence-electron chi connectivity index (χ1n) is 4.63. The topological polar surface area (TPSA) is 12.9 Å². The quantitative estimate of drug-likeness (QED) is 0.625. The average molecular weight is 327 g/mol. The molecule has 0 unspecified atom stereocenters. The van der Waals surface area contributed by atoms with E-state index in [1.807, 2.05) is 18.3 Å². The van der Waals surface area contributed by atoms with Crippen LogP contribution in [-0.2, 0) is 5.75 Å². The van der Waals surface area contributed by atoms with Gasteiger partial charge in [0.2, 0.25) is 0 Å². The molecule has 1 nitrogen and oxygen atoms in total. The average Bonchev–Trinajstić information content (AvgIpc) is 2.29. The summed E-state index contributed by atoms with van der Waals surface area (Å²) in [5.74, 6) is 0.980. The first-order valence-corrected chi connectivity index (χ1v) is 6.70. The molecule has 0 spiro atoms. The molecule has 1 aromatic heterocycles. The first-order chi connectivity index (χ1) is 7.36. The lowest BCUT2D eigenvalue weighted by Gasteiger charge is -2.02. The first kappa shape index (κ1) is 11.0. The molecule has 0 N–H and O–H groups in total. The van der Waals surface area contributed by atoms with Gasteiger partial charge >= 0.3 is 0 Å². The number of benzene rings is 1. The Bertz CT molecular complexity index is 431. The van der Waals surface area contributed by atoms with Crippen molar-refractivity contribution in [1.82, 2.24) is 4.98 Å². The third-order valence-corrected chi connectivity index (χ3v) is 4.26. The van der Waals surface area contributed by atoms with Gasteiger partial charge < -0.3 is 0 Å². The van der Waals surface area contributed by atoms with Crippen molar-refractivity contribution in [1.29, 1.82) is 0 Å². The molecule has 0 fully saturated rings. The van der Waals surface area contributed by atoms with Crippen LogP contribution in [0.4, 0.5) is 0 Å². The van der Waals surface area contributed by atoms with E-state index in [1.54, 1.807) is 11.8 Å². The second kappa shape index (κ2) is 5.51. The van der Waals surface area contributed by atoms with Crippen LogP contribution in [0, 0.1) is 3.57 Å². The van der Waals surface area contributed by atoms with Gasteiger partial charge in [-0.2, -0.15) is 0 Å². The Morgan fingerprint density at radius 3 is 2.60 bits per heavy atom. The lowest BCUT2D eigenvalue weighted by atomic mass is 10.2. The number of hydrogen-bond donors (Lipinski definition) is 0. The van der Waals surface area contributed by atoms with Crippen molar-refractivity contribution in [3.63, 3.8) is 0 Å². The van der Waals surface area contributed by atoms with Crippen molar-refractivity contribution < 1.29 is 0 Å². The zero-order valence-corrected chi connectivity index (χ0v) is 11.0. The molecule has 2 rings (SSSR count). The molecule has 0 radical (unpaired) electrons. The van der Waals surface area contributed by atoms with Gasteiger partial charge in [0, 0.05) is 15.5 Å².